The number of nitriles is 1. The molecule has 1 aliphatic rings. The molecule has 3 aromatic heterocycles. The van der Waals surface area contributed by atoms with Gasteiger partial charge in [-0.05, 0) is 66.4 Å². The standard InChI is InChI=1S/C36H24N4/c37-22-24-9-1-2-10-28(24)25-19-26(39-33-14-6-3-11-29(33)30-12-4-7-15-34(30)39)21-27(20-25)40-35-16-8-5-13-31(35)32-17-18-38-23-36(32)40/h1-6,8-14,16-21,23H,7,15H2. The fraction of sp³-hybridized carbons (Fsp3) is 0.0556. The van der Waals surface area contributed by atoms with Gasteiger partial charge in [-0.1, -0.05) is 66.7 Å². The van der Waals surface area contributed by atoms with Crippen LogP contribution in [0.3, 0.4) is 0 Å². The fourth-order valence-corrected chi connectivity index (χ4v) is 6.40. The number of fused-ring (bicyclic) bond motifs is 6. The van der Waals surface area contributed by atoms with Crippen LogP contribution < -0.4 is 0 Å². The molecule has 0 amide bonds. The third-order valence-electron chi connectivity index (χ3n) is 8.10. The summed E-state index contributed by atoms with van der Waals surface area (Å²) in [6.45, 7) is 0. The monoisotopic (exact) mass is 512 g/mol. The molecule has 0 radical (unpaired) electrons. The summed E-state index contributed by atoms with van der Waals surface area (Å²) < 4.78 is 4.72. The molecule has 0 aliphatic heterocycles. The molecule has 1 aliphatic carbocycles. The molecule has 0 atom stereocenters. The highest BCUT2D eigenvalue weighted by atomic mass is 15.0. The van der Waals surface area contributed by atoms with E-state index in [9.17, 15) is 5.26 Å². The lowest BCUT2D eigenvalue weighted by Gasteiger charge is -2.18. The summed E-state index contributed by atoms with van der Waals surface area (Å²) in [6, 6.07) is 36.3. The van der Waals surface area contributed by atoms with Gasteiger partial charge >= 0.3 is 0 Å². The van der Waals surface area contributed by atoms with Gasteiger partial charge in [0.05, 0.1) is 34.4 Å². The van der Waals surface area contributed by atoms with Crippen LogP contribution >= 0.6 is 0 Å². The molecular formula is C36H24N4. The number of benzene rings is 4. The van der Waals surface area contributed by atoms with Gasteiger partial charge in [0.2, 0.25) is 0 Å². The molecule has 4 heteroatoms. The highest BCUT2D eigenvalue weighted by molar-refractivity contribution is 6.09. The van der Waals surface area contributed by atoms with Crippen LogP contribution in [-0.2, 0) is 6.42 Å². The first-order valence-corrected chi connectivity index (χ1v) is 13.6. The van der Waals surface area contributed by atoms with Crippen molar-refractivity contribution in [3.8, 4) is 28.6 Å². The highest BCUT2D eigenvalue weighted by Gasteiger charge is 2.21. The van der Waals surface area contributed by atoms with Crippen LogP contribution in [0.5, 0.6) is 0 Å². The van der Waals surface area contributed by atoms with E-state index in [2.05, 4.69) is 105 Å². The van der Waals surface area contributed by atoms with Gasteiger partial charge in [0.25, 0.3) is 0 Å². The van der Waals surface area contributed by atoms with Crippen molar-refractivity contribution in [2.24, 2.45) is 0 Å². The Morgan fingerprint density at radius 3 is 2.25 bits per heavy atom. The van der Waals surface area contributed by atoms with Gasteiger partial charge in [-0.25, -0.2) is 0 Å². The highest BCUT2D eigenvalue weighted by Crippen LogP contribution is 2.38. The molecule has 188 valence electrons. The second-order valence-electron chi connectivity index (χ2n) is 10.3. The van der Waals surface area contributed by atoms with Crippen LogP contribution in [0.15, 0.2) is 116 Å². The van der Waals surface area contributed by atoms with E-state index < -0.39 is 0 Å². The molecule has 3 heterocycles. The molecule has 0 bridgehead atoms. The van der Waals surface area contributed by atoms with E-state index >= 15 is 0 Å². The van der Waals surface area contributed by atoms with E-state index in [1.54, 1.807) is 0 Å². The number of para-hydroxylation sites is 2. The van der Waals surface area contributed by atoms with Crippen molar-refractivity contribution in [1.82, 2.24) is 14.1 Å². The first-order chi connectivity index (χ1) is 19.8. The summed E-state index contributed by atoms with van der Waals surface area (Å²) in [5, 5.41) is 13.6. The Morgan fingerprint density at radius 2 is 1.40 bits per heavy atom. The third kappa shape index (κ3) is 3.28. The predicted molar refractivity (Wildman–Crippen MR) is 163 cm³/mol. The van der Waals surface area contributed by atoms with Gasteiger partial charge in [0, 0.05) is 45.0 Å². The SMILES string of the molecule is N#Cc1ccccc1-c1cc(-n2c3c(c4ccccc42)C=CCC3)cc(-n2c3ccccc3c3ccncc32)c1. The van der Waals surface area contributed by atoms with Crippen LogP contribution in [0.25, 0.3) is 61.3 Å². The van der Waals surface area contributed by atoms with Crippen LogP contribution in [0.1, 0.15) is 23.2 Å². The van der Waals surface area contributed by atoms with Crippen molar-refractivity contribution in [2.45, 2.75) is 12.8 Å². The molecule has 4 aromatic carbocycles. The minimum Gasteiger partial charge on any atom is -0.313 e. The van der Waals surface area contributed by atoms with E-state index in [4.69, 9.17) is 0 Å². The van der Waals surface area contributed by atoms with E-state index in [1.807, 2.05) is 36.7 Å². The van der Waals surface area contributed by atoms with Crippen LogP contribution in [0, 0.1) is 11.3 Å². The number of hydrogen-bond donors (Lipinski definition) is 0. The zero-order valence-electron chi connectivity index (χ0n) is 21.8. The lowest BCUT2D eigenvalue weighted by molar-refractivity contribution is 0.888. The maximum Gasteiger partial charge on any atom is 0.0998 e. The molecule has 7 aromatic rings. The van der Waals surface area contributed by atoms with Crippen molar-refractivity contribution in [2.75, 3.05) is 0 Å². The third-order valence-corrected chi connectivity index (χ3v) is 8.10. The van der Waals surface area contributed by atoms with Crippen molar-refractivity contribution < 1.29 is 0 Å². The van der Waals surface area contributed by atoms with Crippen LogP contribution in [-0.4, -0.2) is 14.1 Å². The van der Waals surface area contributed by atoms with Gasteiger partial charge in [0.15, 0.2) is 0 Å². The lowest BCUT2D eigenvalue weighted by atomic mass is 9.98. The molecule has 40 heavy (non-hydrogen) atoms. The molecule has 0 spiro atoms. The first-order valence-electron chi connectivity index (χ1n) is 13.6. The van der Waals surface area contributed by atoms with Gasteiger partial charge in [0.1, 0.15) is 0 Å². The van der Waals surface area contributed by atoms with E-state index in [0.29, 0.717) is 5.56 Å². The van der Waals surface area contributed by atoms with Gasteiger partial charge in [-0.15, -0.1) is 0 Å². The number of aromatic nitrogens is 3. The Balaban J connectivity index is 1.50. The Labute approximate surface area is 231 Å². The van der Waals surface area contributed by atoms with E-state index in [-0.39, 0.29) is 0 Å². The topological polar surface area (TPSA) is 46.5 Å². The fourth-order valence-electron chi connectivity index (χ4n) is 6.40. The summed E-state index contributed by atoms with van der Waals surface area (Å²) in [4.78, 5) is 4.50. The molecular weight excluding hydrogens is 488 g/mol. The zero-order chi connectivity index (χ0) is 26.6. The molecule has 0 saturated heterocycles. The zero-order valence-corrected chi connectivity index (χ0v) is 21.8. The smallest absolute Gasteiger partial charge is 0.0998 e. The van der Waals surface area contributed by atoms with E-state index in [1.165, 1.54) is 32.9 Å². The summed E-state index contributed by atoms with van der Waals surface area (Å²) >= 11 is 0. The quantitative estimate of drug-likeness (QED) is 0.238. The number of pyridine rings is 1. The molecule has 0 N–H and O–H groups in total. The summed E-state index contributed by atoms with van der Waals surface area (Å²) in [5.74, 6) is 0. The molecule has 0 saturated carbocycles. The normalized spacial score (nSPS) is 12.7. The van der Waals surface area contributed by atoms with Crippen LogP contribution in [0.2, 0.25) is 0 Å². The maximum absolute atomic E-state index is 9.99. The lowest BCUT2D eigenvalue weighted by Crippen LogP contribution is -2.05. The Kier molecular flexibility index (Phi) is 4.98. The molecule has 4 nitrogen and oxygen atoms in total. The number of rotatable bonds is 3. The second kappa shape index (κ2) is 8.83. The average Bonchev–Trinajstić information content (AvgIpc) is 3.54. The number of allylic oxidation sites excluding steroid dienone is 1. The van der Waals surface area contributed by atoms with Gasteiger partial charge in [-0.2, -0.15) is 5.26 Å². The first kappa shape index (κ1) is 22.6. The maximum atomic E-state index is 9.99. The summed E-state index contributed by atoms with van der Waals surface area (Å²) in [7, 11) is 0. The number of hydrogen-bond acceptors (Lipinski definition) is 2. The molecule has 8 rings (SSSR count). The second-order valence-corrected chi connectivity index (χ2v) is 10.3. The van der Waals surface area contributed by atoms with Crippen molar-refractivity contribution in [3.63, 3.8) is 0 Å². The minimum atomic E-state index is 0.664. The Morgan fingerprint density at radius 1 is 0.700 bits per heavy atom. The predicted octanol–water partition coefficient (Wildman–Crippen LogP) is 8.62. The van der Waals surface area contributed by atoms with Crippen molar-refractivity contribution in [1.29, 1.82) is 5.26 Å². The van der Waals surface area contributed by atoms with Crippen molar-refractivity contribution >= 4 is 38.8 Å². The number of nitrogens with zero attached hydrogens (tertiary/aromatic N) is 4. The van der Waals surface area contributed by atoms with Gasteiger partial charge in [-0.3, -0.25) is 4.98 Å². The molecule has 0 unspecified atom stereocenters. The largest absolute Gasteiger partial charge is 0.313 e. The molecule has 0 fully saturated rings. The Hall–Kier alpha value is -5.40. The van der Waals surface area contributed by atoms with Crippen LogP contribution in [0.4, 0.5) is 0 Å². The van der Waals surface area contributed by atoms with Gasteiger partial charge < -0.3 is 9.13 Å². The minimum absolute atomic E-state index is 0.664. The Bertz CT molecular complexity index is 2130. The van der Waals surface area contributed by atoms with Crippen molar-refractivity contribution in [3.05, 3.63) is 132 Å². The summed E-state index contributed by atoms with van der Waals surface area (Å²) in [5.41, 5.74) is 10.7. The summed E-state index contributed by atoms with van der Waals surface area (Å²) in [6.07, 6.45) is 10.3. The van der Waals surface area contributed by atoms with E-state index in [0.717, 1.165) is 46.4 Å². The average molecular weight is 513 g/mol.